The largest absolute Gasteiger partial charge is 0.481 e. The van der Waals surface area contributed by atoms with Crippen molar-refractivity contribution >= 4 is 29.3 Å². The first-order valence-electron chi connectivity index (χ1n) is 4.74. The molecule has 0 spiro atoms. The lowest BCUT2D eigenvalue weighted by atomic mass is 10.1. The molecule has 0 heterocycles. The third-order valence-electron chi connectivity index (χ3n) is 2.62. The summed E-state index contributed by atoms with van der Waals surface area (Å²) >= 11 is 7.41. The SMILES string of the molecule is O=C(O)C1(CSc2cccc(Cl)c2)CC1. The van der Waals surface area contributed by atoms with Crippen molar-refractivity contribution in [2.45, 2.75) is 17.7 Å². The van der Waals surface area contributed by atoms with E-state index in [1.165, 1.54) is 0 Å². The van der Waals surface area contributed by atoms with Gasteiger partial charge in [-0.05, 0) is 31.0 Å². The second-order valence-corrected chi connectivity index (χ2v) is 5.32. The Labute approximate surface area is 97.6 Å². The summed E-state index contributed by atoms with van der Waals surface area (Å²) in [6.45, 7) is 0. The van der Waals surface area contributed by atoms with Gasteiger partial charge < -0.3 is 5.11 Å². The Hall–Kier alpha value is -0.670. The second-order valence-electron chi connectivity index (χ2n) is 3.83. The summed E-state index contributed by atoms with van der Waals surface area (Å²) in [6, 6.07) is 7.51. The number of benzene rings is 1. The first kappa shape index (κ1) is 10.8. The normalized spacial score (nSPS) is 17.4. The molecule has 1 aromatic carbocycles. The lowest BCUT2D eigenvalue weighted by Crippen LogP contribution is -2.17. The van der Waals surface area contributed by atoms with Crippen molar-refractivity contribution in [1.82, 2.24) is 0 Å². The number of carbonyl (C=O) groups is 1. The van der Waals surface area contributed by atoms with Gasteiger partial charge in [0.25, 0.3) is 0 Å². The Balaban J connectivity index is 1.96. The molecule has 15 heavy (non-hydrogen) atoms. The smallest absolute Gasteiger partial charge is 0.310 e. The number of rotatable bonds is 4. The molecule has 0 unspecified atom stereocenters. The van der Waals surface area contributed by atoms with Gasteiger partial charge in [0.05, 0.1) is 5.41 Å². The van der Waals surface area contributed by atoms with Gasteiger partial charge in [0.2, 0.25) is 0 Å². The molecule has 4 heteroatoms. The van der Waals surface area contributed by atoms with Gasteiger partial charge in [-0.3, -0.25) is 4.79 Å². The number of hydrogen-bond donors (Lipinski definition) is 1. The van der Waals surface area contributed by atoms with Crippen LogP contribution in [0.5, 0.6) is 0 Å². The van der Waals surface area contributed by atoms with Gasteiger partial charge >= 0.3 is 5.97 Å². The molecular formula is C11H11ClO2S. The summed E-state index contributed by atoms with van der Waals surface area (Å²) in [4.78, 5) is 12.0. The predicted molar refractivity (Wildman–Crippen MR) is 61.5 cm³/mol. The van der Waals surface area contributed by atoms with Gasteiger partial charge in [0, 0.05) is 15.7 Å². The molecule has 2 nitrogen and oxygen atoms in total. The van der Waals surface area contributed by atoms with Gasteiger partial charge in [0.15, 0.2) is 0 Å². The number of thioether (sulfide) groups is 1. The van der Waals surface area contributed by atoms with Crippen molar-refractivity contribution in [3.05, 3.63) is 29.3 Å². The fourth-order valence-electron chi connectivity index (χ4n) is 1.35. The summed E-state index contributed by atoms with van der Waals surface area (Å²) in [5.74, 6) is -0.0279. The Kier molecular flexibility index (Phi) is 2.94. The van der Waals surface area contributed by atoms with Crippen molar-refractivity contribution < 1.29 is 9.90 Å². The Bertz CT molecular complexity index is 388. The lowest BCUT2D eigenvalue weighted by molar-refractivity contribution is -0.142. The number of halogens is 1. The van der Waals surface area contributed by atoms with E-state index < -0.39 is 11.4 Å². The van der Waals surface area contributed by atoms with E-state index in [1.54, 1.807) is 11.8 Å². The summed E-state index contributed by atoms with van der Waals surface area (Å²) < 4.78 is 0. The molecule has 0 amide bonds. The highest BCUT2D eigenvalue weighted by Crippen LogP contribution is 2.49. The Morgan fingerprint density at radius 3 is 2.80 bits per heavy atom. The number of carboxylic acids is 1. The van der Waals surface area contributed by atoms with Gasteiger partial charge in [-0.25, -0.2) is 0 Å². The third-order valence-corrected chi connectivity index (χ3v) is 4.14. The minimum absolute atomic E-state index is 0.465. The summed E-state index contributed by atoms with van der Waals surface area (Å²) in [7, 11) is 0. The summed E-state index contributed by atoms with van der Waals surface area (Å²) in [6.07, 6.45) is 1.60. The van der Waals surface area contributed by atoms with Crippen LogP contribution < -0.4 is 0 Å². The Morgan fingerprint density at radius 1 is 1.53 bits per heavy atom. The molecule has 0 aromatic heterocycles. The molecule has 1 N–H and O–H groups in total. The lowest BCUT2D eigenvalue weighted by Gasteiger charge is -2.08. The number of carboxylic acid groups (broad SMARTS) is 1. The quantitative estimate of drug-likeness (QED) is 0.824. The zero-order valence-electron chi connectivity index (χ0n) is 8.07. The average Bonchev–Trinajstić information content (AvgIpc) is 2.96. The molecule has 0 bridgehead atoms. The minimum atomic E-state index is -0.669. The topological polar surface area (TPSA) is 37.3 Å². The van der Waals surface area contributed by atoms with E-state index >= 15 is 0 Å². The maximum absolute atomic E-state index is 10.9. The van der Waals surface area contributed by atoms with E-state index in [2.05, 4.69) is 0 Å². The van der Waals surface area contributed by atoms with E-state index in [0.717, 1.165) is 17.7 Å². The van der Waals surface area contributed by atoms with Crippen LogP contribution in [-0.4, -0.2) is 16.8 Å². The van der Waals surface area contributed by atoms with Crippen LogP contribution in [0.25, 0.3) is 0 Å². The van der Waals surface area contributed by atoms with Gasteiger partial charge in [-0.2, -0.15) is 0 Å². The van der Waals surface area contributed by atoms with Crippen molar-refractivity contribution in [2.75, 3.05) is 5.75 Å². The van der Waals surface area contributed by atoms with Crippen molar-refractivity contribution in [1.29, 1.82) is 0 Å². The van der Waals surface area contributed by atoms with E-state index in [4.69, 9.17) is 16.7 Å². The van der Waals surface area contributed by atoms with Gasteiger partial charge in [-0.15, -0.1) is 11.8 Å². The van der Waals surface area contributed by atoms with Gasteiger partial charge in [0.1, 0.15) is 0 Å². The molecular weight excluding hydrogens is 232 g/mol. The first-order chi connectivity index (χ1) is 7.12. The van der Waals surface area contributed by atoms with Crippen LogP contribution in [0.15, 0.2) is 29.2 Å². The van der Waals surface area contributed by atoms with Crippen LogP contribution in [0.2, 0.25) is 5.02 Å². The molecule has 1 aromatic rings. The zero-order chi connectivity index (χ0) is 10.9. The molecule has 2 rings (SSSR count). The predicted octanol–water partition coefficient (Wildman–Crippen LogP) is 3.30. The molecule has 1 saturated carbocycles. The summed E-state index contributed by atoms with van der Waals surface area (Å²) in [5, 5.41) is 9.69. The zero-order valence-corrected chi connectivity index (χ0v) is 9.64. The van der Waals surface area contributed by atoms with Crippen LogP contribution in [0.1, 0.15) is 12.8 Å². The van der Waals surface area contributed by atoms with Crippen LogP contribution in [0, 0.1) is 5.41 Å². The van der Waals surface area contributed by atoms with E-state index in [0.29, 0.717) is 10.8 Å². The molecule has 1 fully saturated rings. The molecule has 1 aliphatic rings. The van der Waals surface area contributed by atoms with E-state index in [9.17, 15) is 4.79 Å². The number of hydrogen-bond acceptors (Lipinski definition) is 2. The molecule has 0 aliphatic heterocycles. The highest BCUT2D eigenvalue weighted by atomic mass is 35.5. The number of aliphatic carboxylic acids is 1. The molecule has 0 atom stereocenters. The fourth-order valence-corrected chi connectivity index (χ4v) is 2.84. The minimum Gasteiger partial charge on any atom is -0.481 e. The summed E-state index contributed by atoms with van der Waals surface area (Å²) in [5.41, 5.74) is -0.465. The molecule has 0 saturated heterocycles. The van der Waals surface area contributed by atoms with Crippen LogP contribution in [0.3, 0.4) is 0 Å². The van der Waals surface area contributed by atoms with E-state index in [1.807, 2.05) is 24.3 Å². The van der Waals surface area contributed by atoms with Crippen molar-refractivity contribution in [2.24, 2.45) is 5.41 Å². The van der Waals surface area contributed by atoms with Crippen molar-refractivity contribution in [3.8, 4) is 0 Å². The maximum Gasteiger partial charge on any atom is 0.310 e. The molecule has 1 aliphatic carbocycles. The molecule has 80 valence electrons. The van der Waals surface area contributed by atoms with Crippen LogP contribution >= 0.6 is 23.4 Å². The van der Waals surface area contributed by atoms with Crippen molar-refractivity contribution in [3.63, 3.8) is 0 Å². The highest BCUT2D eigenvalue weighted by Gasteiger charge is 2.49. The monoisotopic (exact) mass is 242 g/mol. The van der Waals surface area contributed by atoms with Crippen LogP contribution in [0.4, 0.5) is 0 Å². The standard InChI is InChI=1S/C11H11ClO2S/c12-8-2-1-3-9(6-8)15-7-11(4-5-11)10(13)14/h1-3,6H,4-5,7H2,(H,13,14). The highest BCUT2D eigenvalue weighted by molar-refractivity contribution is 7.99. The maximum atomic E-state index is 10.9. The second kappa shape index (κ2) is 4.06. The van der Waals surface area contributed by atoms with Gasteiger partial charge in [-0.1, -0.05) is 17.7 Å². The van der Waals surface area contributed by atoms with Crippen LogP contribution in [-0.2, 0) is 4.79 Å². The van der Waals surface area contributed by atoms with E-state index in [-0.39, 0.29) is 0 Å². The first-order valence-corrected chi connectivity index (χ1v) is 6.11. The Morgan fingerprint density at radius 2 is 2.27 bits per heavy atom. The fraction of sp³-hybridized carbons (Fsp3) is 0.364. The molecule has 0 radical (unpaired) electrons. The third kappa shape index (κ3) is 2.47. The average molecular weight is 243 g/mol.